The fraction of sp³-hybridized carbons (Fsp3) is 0.375. The maximum atomic E-state index is 5.46. The minimum absolute atomic E-state index is 0.661. The second kappa shape index (κ2) is 5.58. The van der Waals surface area contributed by atoms with Crippen LogP contribution in [0.2, 0.25) is 0 Å². The summed E-state index contributed by atoms with van der Waals surface area (Å²) < 4.78 is 7.68. The summed E-state index contributed by atoms with van der Waals surface area (Å²) in [6.07, 6.45) is 5.09. The van der Waals surface area contributed by atoms with Crippen LogP contribution in [0.25, 0.3) is 16.2 Å². The van der Waals surface area contributed by atoms with Crippen molar-refractivity contribution in [1.29, 1.82) is 0 Å². The van der Waals surface area contributed by atoms with E-state index in [0.717, 1.165) is 49.5 Å². The SMILES string of the molecule is c1csc(-n2c(CC3CCOCC3)nc3cccnc32)c1. The zero-order valence-electron chi connectivity index (χ0n) is 11.7. The number of thiophene rings is 1. The zero-order valence-corrected chi connectivity index (χ0v) is 12.6. The van der Waals surface area contributed by atoms with Gasteiger partial charge in [0.1, 0.15) is 16.3 Å². The molecule has 0 amide bonds. The Balaban J connectivity index is 1.78. The highest BCUT2D eigenvalue weighted by Crippen LogP contribution is 2.27. The molecule has 21 heavy (non-hydrogen) atoms. The van der Waals surface area contributed by atoms with Crippen molar-refractivity contribution in [2.24, 2.45) is 5.92 Å². The Bertz CT molecular complexity index is 729. The van der Waals surface area contributed by atoms with Crippen LogP contribution in [0.4, 0.5) is 0 Å². The Kier molecular flexibility index (Phi) is 3.45. The van der Waals surface area contributed by atoms with E-state index >= 15 is 0 Å². The molecule has 1 aliphatic rings. The van der Waals surface area contributed by atoms with Gasteiger partial charge >= 0.3 is 0 Å². The average Bonchev–Trinajstić information content (AvgIpc) is 3.14. The van der Waals surface area contributed by atoms with Crippen LogP contribution in [0.5, 0.6) is 0 Å². The Morgan fingerprint density at radius 2 is 2.14 bits per heavy atom. The number of nitrogens with zero attached hydrogens (tertiary/aromatic N) is 3. The fourth-order valence-corrected chi connectivity index (χ4v) is 3.68. The second-order valence-corrected chi connectivity index (χ2v) is 6.35. The van der Waals surface area contributed by atoms with E-state index in [4.69, 9.17) is 9.72 Å². The van der Waals surface area contributed by atoms with Gasteiger partial charge in [-0.05, 0) is 48.4 Å². The van der Waals surface area contributed by atoms with E-state index in [0.29, 0.717) is 5.92 Å². The van der Waals surface area contributed by atoms with Gasteiger partial charge in [0.05, 0.1) is 0 Å². The van der Waals surface area contributed by atoms with Crippen LogP contribution >= 0.6 is 11.3 Å². The molecule has 0 radical (unpaired) electrons. The van der Waals surface area contributed by atoms with Crippen molar-refractivity contribution in [2.75, 3.05) is 13.2 Å². The van der Waals surface area contributed by atoms with E-state index in [2.05, 4.69) is 27.1 Å². The van der Waals surface area contributed by atoms with Crippen LogP contribution in [-0.4, -0.2) is 27.7 Å². The summed E-state index contributed by atoms with van der Waals surface area (Å²) in [5, 5.41) is 3.29. The highest BCUT2D eigenvalue weighted by Gasteiger charge is 2.20. The predicted octanol–water partition coefficient (Wildman–Crippen LogP) is 3.45. The molecule has 5 heteroatoms. The van der Waals surface area contributed by atoms with E-state index in [1.54, 1.807) is 11.3 Å². The summed E-state index contributed by atoms with van der Waals surface area (Å²) in [5.74, 6) is 1.78. The molecule has 0 saturated carbocycles. The molecule has 1 aliphatic heterocycles. The molecule has 4 nitrogen and oxygen atoms in total. The van der Waals surface area contributed by atoms with Gasteiger partial charge in [-0.1, -0.05) is 0 Å². The van der Waals surface area contributed by atoms with Crippen molar-refractivity contribution in [2.45, 2.75) is 19.3 Å². The second-order valence-electron chi connectivity index (χ2n) is 5.42. The minimum Gasteiger partial charge on any atom is -0.381 e. The quantitative estimate of drug-likeness (QED) is 0.743. The molecule has 3 aromatic heterocycles. The van der Waals surface area contributed by atoms with E-state index in [1.165, 1.54) is 5.00 Å². The number of rotatable bonds is 3. The molecule has 108 valence electrons. The molecule has 0 atom stereocenters. The Hall–Kier alpha value is -1.72. The summed E-state index contributed by atoms with van der Waals surface area (Å²) in [7, 11) is 0. The summed E-state index contributed by atoms with van der Waals surface area (Å²) in [4.78, 5) is 9.36. The number of pyridine rings is 1. The highest BCUT2D eigenvalue weighted by atomic mass is 32.1. The molecule has 0 aromatic carbocycles. The van der Waals surface area contributed by atoms with E-state index < -0.39 is 0 Å². The Morgan fingerprint density at radius 1 is 1.24 bits per heavy atom. The average molecular weight is 299 g/mol. The van der Waals surface area contributed by atoms with E-state index in [-0.39, 0.29) is 0 Å². The number of hydrogen-bond acceptors (Lipinski definition) is 4. The van der Waals surface area contributed by atoms with Crippen molar-refractivity contribution >= 4 is 22.5 Å². The van der Waals surface area contributed by atoms with Gasteiger partial charge in [0.2, 0.25) is 0 Å². The van der Waals surface area contributed by atoms with Gasteiger partial charge in [-0.25, -0.2) is 9.97 Å². The first kappa shape index (κ1) is 13.0. The third kappa shape index (κ3) is 2.47. The number of imidazole rings is 1. The smallest absolute Gasteiger partial charge is 0.165 e. The van der Waals surface area contributed by atoms with Crippen molar-refractivity contribution in [3.05, 3.63) is 41.7 Å². The first-order valence-electron chi connectivity index (χ1n) is 7.36. The van der Waals surface area contributed by atoms with Crippen LogP contribution in [0.15, 0.2) is 35.8 Å². The van der Waals surface area contributed by atoms with E-state index in [1.807, 2.05) is 18.3 Å². The first-order valence-corrected chi connectivity index (χ1v) is 8.24. The molecule has 1 saturated heterocycles. The number of aromatic nitrogens is 3. The normalized spacial score (nSPS) is 16.6. The van der Waals surface area contributed by atoms with Crippen molar-refractivity contribution in [3.63, 3.8) is 0 Å². The number of hydrogen-bond donors (Lipinski definition) is 0. The molecule has 3 aromatic rings. The van der Waals surface area contributed by atoms with Crippen molar-refractivity contribution < 1.29 is 4.74 Å². The highest BCUT2D eigenvalue weighted by molar-refractivity contribution is 7.12. The van der Waals surface area contributed by atoms with Gasteiger partial charge in [0.25, 0.3) is 0 Å². The van der Waals surface area contributed by atoms with Crippen LogP contribution < -0.4 is 0 Å². The monoisotopic (exact) mass is 299 g/mol. The van der Waals surface area contributed by atoms with Gasteiger partial charge in [-0.15, -0.1) is 11.3 Å². The van der Waals surface area contributed by atoms with Gasteiger partial charge < -0.3 is 4.74 Å². The summed E-state index contributed by atoms with van der Waals surface area (Å²) in [6, 6.07) is 8.20. The lowest BCUT2D eigenvalue weighted by molar-refractivity contribution is 0.0659. The zero-order chi connectivity index (χ0) is 14.1. The lowest BCUT2D eigenvalue weighted by atomic mass is 9.96. The molecule has 0 unspecified atom stereocenters. The lowest BCUT2D eigenvalue weighted by Crippen LogP contribution is -2.19. The third-order valence-electron chi connectivity index (χ3n) is 4.02. The topological polar surface area (TPSA) is 39.9 Å². The molecule has 4 rings (SSSR count). The van der Waals surface area contributed by atoms with Gasteiger partial charge in [-0.2, -0.15) is 0 Å². The van der Waals surface area contributed by atoms with Gasteiger partial charge in [-0.3, -0.25) is 4.57 Å². The number of fused-ring (bicyclic) bond motifs is 1. The van der Waals surface area contributed by atoms with Crippen molar-refractivity contribution in [3.8, 4) is 5.00 Å². The van der Waals surface area contributed by atoms with E-state index in [9.17, 15) is 0 Å². The largest absolute Gasteiger partial charge is 0.381 e. The predicted molar refractivity (Wildman–Crippen MR) is 84.0 cm³/mol. The molecule has 4 heterocycles. The maximum absolute atomic E-state index is 5.46. The molecular weight excluding hydrogens is 282 g/mol. The van der Waals surface area contributed by atoms with Gasteiger partial charge in [0.15, 0.2) is 5.65 Å². The third-order valence-corrected chi connectivity index (χ3v) is 4.88. The molecule has 0 N–H and O–H groups in total. The van der Waals surface area contributed by atoms with Crippen molar-refractivity contribution in [1.82, 2.24) is 14.5 Å². The molecule has 0 spiro atoms. The fourth-order valence-electron chi connectivity index (χ4n) is 2.93. The summed E-state index contributed by atoms with van der Waals surface area (Å²) in [5.41, 5.74) is 1.94. The van der Waals surface area contributed by atoms with Crippen LogP contribution in [0.3, 0.4) is 0 Å². The Labute approximate surface area is 127 Å². The molecule has 0 aliphatic carbocycles. The van der Waals surface area contributed by atoms with Crippen LogP contribution in [0, 0.1) is 5.92 Å². The van der Waals surface area contributed by atoms with Crippen LogP contribution in [0.1, 0.15) is 18.7 Å². The van der Waals surface area contributed by atoms with Gasteiger partial charge in [0, 0.05) is 25.8 Å². The maximum Gasteiger partial charge on any atom is 0.165 e. The molecule has 1 fully saturated rings. The minimum atomic E-state index is 0.661. The number of ether oxygens (including phenoxy) is 1. The Morgan fingerprint density at radius 3 is 2.95 bits per heavy atom. The summed E-state index contributed by atoms with van der Waals surface area (Å²) in [6.45, 7) is 1.75. The standard InChI is InChI=1S/C16H17N3OS/c1-3-13-16(17-7-1)19(15-4-2-10-21-15)14(18-13)11-12-5-8-20-9-6-12/h1-4,7,10,12H,5-6,8-9,11H2. The lowest BCUT2D eigenvalue weighted by Gasteiger charge is -2.21. The molecule has 0 bridgehead atoms. The first-order chi connectivity index (χ1) is 10.4. The van der Waals surface area contributed by atoms with Crippen LogP contribution in [-0.2, 0) is 11.2 Å². The summed E-state index contributed by atoms with van der Waals surface area (Å²) >= 11 is 1.73. The molecular formula is C16H17N3OS.